The number of hydrogen-bond acceptors (Lipinski definition) is 10. The predicted octanol–water partition coefficient (Wildman–Crippen LogP) is 0.270. The van der Waals surface area contributed by atoms with E-state index in [1.165, 1.54) is 12.5 Å². The summed E-state index contributed by atoms with van der Waals surface area (Å²) >= 11 is 3.25. The lowest BCUT2D eigenvalue weighted by molar-refractivity contribution is 0.306. The third-order valence-corrected chi connectivity index (χ3v) is 10.8. The number of benzene rings is 2. The highest BCUT2D eigenvalue weighted by Crippen LogP contribution is 2.38. The van der Waals surface area contributed by atoms with E-state index in [-0.39, 0.29) is 32.5 Å². The van der Waals surface area contributed by atoms with Gasteiger partial charge in [-0.3, -0.25) is 0 Å². The zero-order chi connectivity index (χ0) is 28.7. The van der Waals surface area contributed by atoms with Crippen LogP contribution in [-0.2, 0) is 40.1 Å². The molecule has 1 heterocycles. The van der Waals surface area contributed by atoms with Crippen LogP contribution in [0.25, 0.3) is 0 Å². The lowest BCUT2D eigenvalue weighted by Crippen LogP contribution is -2.49. The Morgan fingerprint density at radius 3 is 1.92 bits per heavy atom. The van der Waals surface area contributed by atoms with Crippen LogP contribution < -0.4 is 31.2 Å². The van der Waals surface area contributed by atoms with E-state index in [2.05, 4.69) is 26.0 Å². The van der Waals surface area contributed by atoms with Crippen molar-refractivity contribution in [2.24, 2.45) is 21.3 Å². The van der Waals surface area contributed by atoms with Crippen molar-refractivity contribution in [1.29, 1.82) is 0 Å². The van der Waals surface area contributed by atoms with Crippen LogP contribution in [0, 0.1) is 5.92 Å². The molecule has 38 heavy (non-hydrogen) atoms. The molecule has 0 spiro atoms. The summed E-state index contributed by atoms with van der Waals surface area (Å²) in [5, 5.41) is 17.9. The highest BCUT2D eigenvalue weighted by molar-refractivity contribution is 9.10. The minimum Gasteiger partial charge on any atom is -0.398 e. The van der Waals surface area contributed by atoms with Crippen molar-refractivity contribution in [2.75, 3.05) is 11.1 Å². The number of rotatable bonds is 4. The molecule has 14 nitrogen and oxygen atoms in total. The fourth-order valence-electron chi connectivity index (χ4n) is 4.11. The van der Waals surface area contributed by atoms with E-state index in [9.17, 15) is 33.7 Å². The molecule has 4 rings (SSSR count). The van der Waals surface area contributed by atoms with Crippen molar-refractivity contribution in [3.05, 3.63) is 34.8 Å². The van der Waals surface area contributed by atoms with E-state index in [0.717, 1.165) is 49.9 Å². The molecule has 0 bridgehead atoms. The molecule has 2 aromatic carbocycles. The van der Waals surface area contributed by atoms with E-state index in [0.29, 0.717) is 10.2 Å². The van der Waals surface area contributed by atoms with Crippen LogP contribution in [0.3, 0.4) is 0 Å². The maximum atomic E-state index is 12.5. The Morgan fingerprint density at radius 1 is 0.816 bits per heavy atom. The zero-order valence-electron chi connectivity index (χ0n) is 19.7. The molecule has 1 aliphatic heterocycles. The summed E-state index contributed by atoms with van der Waals surface area (Å²) in [6, 6.07) is 5.43. The first-order valence-electron chi connectivity index (χ1n) is 10.9. The molecule has 10 N–H and O–H groups in total. The molecular weight excluding hydrogens is 648 g/mol. The van der Waals surface area contributed by atoms with Gasteiger partial charge in [-0.05, 0) is 65.0 Å². The number of fused-ring (bicyclic) bond motifs is 1. The highest BCUT2D eigenvalue weighted by Gasteiger charge is 2.36. The number of nitrogens with two attached hydrogens (primary N) is 4. The molecular formula is C19H27BrN6O8S4. The summed E-state index contributed by atoms with van der Waals surface area (Å²) in [4.78, 5) is -1.18. The average molecular weight is 676 g/mol. The summed E-state index contributed by atoms with van der Waals surface area (Å²) in [7, 11) is -15.8. The fourth-order valence-corrected chi connectivity index (χ4v) is 8.34. The van der Waals surface area contributed by atoms with E-state index >= 15 is 0 Å². The van der Waals surface area contributed by atoms with E-state index in [4.69, 9.17) is 21.2 Å². The fraction of sp³-hybridized carbons (Fsp3) is 0.368. The molecule has 2 aromatic rings. The van der Waals surface area contributed by atoms with Gasteiger partial charge >= 0.3 is 0 Å². The summed E-state index contributed by atoms with van der Waals surface area (Å²) in [6.07, 6.45) is 4.88. The van der Waals surface area contributed by atoms with Gasteiger partial charge in [-0.25, -0.2) is 49.1 Å². The van der Waals surface area contributed by atoms with Crippen LogP contribution in [0.4, 0.5) is 11.4 Å². The maximum Gasteiger partial charge on any atom is 0.244 e. The first-order valence-corrected chi connectivity index (χ1v) is 17.8. The number of anilines is 2. The SMILES string of the molecule is NS(=O)(=O)c1cc(Br)c2c(c1)S(=O)(=O)NC(C1CCCCC1)N2.Nc1ccc(S(N)(=O)=O)cc1S(N)(=O)=O. The van der Waals surface area contributed by atoms with E-state index in [1.54, 1.807) is 0 Å². The number of nitrogens with one attached hydrogen (secondary N) is 2. The van der Waals surface area contributed by atoms with Crippen LogP contribution in [0.2, 0.25) is 0 Å². The number of hydrogen-bond donors (Lipinski definition) is 6. The van der Waals surface area contributed by atoms with Crippen LogP contribution in [-0.4, -0.2) is 39.8 Å². The Labute approximate surface area is 229 Å². The van der Waals surface area contributed by atoms with Gasteiger partial charge in [0.1, 0.15) is 9.79 Å². The summed E-state index contributed by atoms with van der Waals surface area (Å²) < 4.78 is 95.0. The number of halogens is 1. The van der Waals surface area contributed by atoms with E-state index < -0.39 is 45.0 Å². The lowest BCUT2D eigenvalue weighted by atomic mass is 9.87. The number of primary sulfonamides is 3. The maximum absolute atomic E-state index is 12.5. The van der Waals surface area contributed by atoms with Gasteiger partial charge in [0.25, 0.3) is 0 Å². The summed E-state index contributed by atoms with van der Waals surface area (Å²) in [5.41, 5.74) is 5.57. The van der Waals surface area contributed by atoms with Crippen molar-refractivity contribution in [3.8, 4) is 0 Å². The van der Waals surface area contributed by atoms with Crippen molar-refractivity contribution in [2.45, 2.75) is 57.9 Å². The predicted molar refractivity (Wildman–Crippen MR) is 143 cm³/mol. The van der Waals surface area contributed by atoms with Crippen molar-refractivity contribution < 1.29 is 33.7 Å². The molecule has 1 saturated carbocycles. The second kappa shape index (κ2) is 11.0. The molecule has 0 saturated heterocycles. The normalized spacial score (nSPS) is 19.9. The van der Waals surface area contributed by atoms with Crippen LogP contribution in [0.1, 0.15) is 32.1 Å². The molecule has 1 fully saturated rings. The number of sulfonamides is 4. The van der Waals surface area contributed by atoms with Crippen molar-refractivity contribution in [3.63, 3.8) is 0 Å². The van der Waals surface area contributed by atoms with Crippen LogP contribution in [0.15, 0.2) is 54.4 Å². The monoisotopic (exact) mass is 674 g/mol. The minimum absolute atomic E-state index is 0.108. The highest BCUT2D eigenvalue weighted by atomic mass is 79.9. The van der Waals surface area contributed by atoms with Gasteiger partial charge in [0.05, 0.1) is 27.3 Å². The molecule has 0 radical (unpaired) electrons. The minimum atomic E-state index is -4.06. The molecule has 1 atom stereocenters. The van der Waals surface area contributed by atoms with Gasteiger partial charge in [0.2, 0.25) is 40.1 Å². The smallest absolute Gasteiger partial charge is 0.244 e. The molecule has 212 valence electrons. The second-order valence-corrected chi connectivity index (χ2v) is 15.9. The first-order chi connectivity index (χ1) is 17.3. The third kappa shape index (κ3) is 7.21. The molecule has 1 aliphatic carbocycles. The van der Waals surface area contributed by atoms with Gasteiger partial charge in [0.15, 0.2) is 0 Å². The number of nitrogen functional groups attached to an aromatic ring is 1. The van der Waals surface area contributed by atoms with Crippen LogP contribution >= 0.6 is 15.9 Å². The Kier molecular flexibility index (Phi) is 8.86. The Bertz CT molecular complexity index is 1670. The Morgan fingerprint density at radius 2 is 1.39 bits per heavy atom. The standard InChI is InChI=1S/C13H18BrN3O4S2.C6H9N3O4S2/c14-10-6-9(22(15,18)19)7-11-12(10)16-13(17-23(11,20)21)8-4-2-1-3-5-8;7-5-2-1-4(14(8,10)11)3-6(5)15(9,12)13/h6-8,13,16-17H,1-5H2,(H2,15,18,19);1-3H,7H2,(H2,8,10,11)(H2,9,12,13). The Balaban J connectivity index is 0.000000232. The largest absolute Gasteiger partial charge is 0.398 e. The van der Waals surface area contributed by atoms with Crippen molar-refractivity contribution >= 4 is 67.4 Å². The van der Waals surface area contributed by atoms with Gasteiger partial charge in [0, 0.05) is 4.47 Å². The lowest BCUT2D eigenvalue weighted by Gasteiger charge is -2.36. The second-order valence-electron chi connectivity index (χ2n) is 8.75. The average Bonchev–Trinajstić information content (AvgIpc) is 2.78. The van der Waals surface area contributed by atoms with Crippen molar-refractivity contribution in [1.82, 2.24) is 4.72 Å². The van der Waals surface area contributed by atoms with E-state index in [1.807, 2.05) is 0 Å². The third-order valence-electron chi connectivity index (χ3n) is 5.97. The molecule has 0 amide bonds. The first kappa shape index (κ1) is 30.7. The zero-order valence-corrected chi connectivity index (χ0v) is 24.5. The summed E-state index contributed by atoms with van der Waals surface area (Å²) in [6.45, 7) is 0. The molecule has 2 aliphatic rings. The molecule has 0 aromatic heterocycles. The van der Waals surface area contributed by atoms with Gasteiger partial charge in [-0.1, -0.05) is 19.3 Å². The van der Waals surface area contributed by atoms with Gasteiger partial charge < -0.3 is 11.1 Å². The topological polar surface area (TPSA) is 265 Å². The van der Waals surface area contributed by atoms with Gasteiger partial charge in [-0.15, -0.1) is 0 Å². The Hall–Kier alpha value is -1.84. The van der Waals surface area contributed by atoms with Gasteiger partial charge in [-0.2, -0.15) is 4.72 Å². The van der Waals surface area contributed by atoms with Crippen LogP contribution in [0.5, 0.6) is 0 Å². The summed E-state index contributed by atoms with van der Waals surface area (Å²) in [5.74, 6) is 0.219. The molecule has 1 unspecified atom stereocenters. The molecule has 19 heteroatoms. The quantitative estimate of drug-likeness (QED) is 0.241.